The van der Waals surface area contributed by atoms with E-state index < -0.39 is 47.1 Å². The van der Waals surface area contributed by atoms with Crippen LogP contribution in [0.3, 0.4) is 0 Å². The van der Waals surface area contributed by atoms with E-state index in [2.05, 4.69) is 69.1 Å². The van der Waals surface area contributed by atoms with Gasteiger partial charge >= 0.3 is 25.0 Å². The van der Waals surface area contributed by atoms with Gasteiger partial charge in [-0.2, -0.15) is 0 Å². The summed E-state index contributed by atoms with van der Waals surface area (Å²) in [5, 5.41) is 10.0. The molecule has 1 saturated heterocycles. The van der Waals surface area contributed by atoms with Crippen molar-refractivity contribution in [1.82, 2.24) is 0 Å². The molecule has 0 aromatic heterocycles. The molecular weight excluding hydrogens is 1240 g/mol. The maximum atomic E-state index is 12.9. The van der Waals surface area contributed by atoms with Crippen LogP contribution in [0.15, 0.2) is 116 Å². The fourth-order valence-corrected chi connectivity index (χ4v) is 12.6. The molecule has 0 aliphatic carbocycles. The number of carbonyl (C=O) groups excluding carboxylic acids is 2. The fraction of sp³-hybridized carbons (Fsp3) is 0.464. The van der Waals surface area contributed by atoms with E-state index in [0.29, 0.717) is 5.56 Å². The van der Waals surface area contributed by atoms with E-state index in [1.54, 1.807) is 0 Å². The predicted molar refractivity (Wildman–Crippen MR) is 399 cm³/mol. The van der Waals surface area contributed by atoms with E-state index in [9.17, 15) is 19.5 Å². The van der Waals surface area contributed by atoms with Crippen LogP contribution in [0.2, 0.25) is 0 Å². The molecule has 4 heterocycles. The van der Waals surface area contributed by atoms with Gasteiger partial charge in [0.2, 0.25) is 0 Å². The van der Waals surface area contributed by atoms with Crippen molar-refractivity contribution in [3.63, 3.8) is 0 Å². The van der Waals surface area contributed by atoms with Crippen molar-refractivity contribution in [2.75, 3.05) is 34.0 Å². The SMILES string of the molecule is C=C(C)B1OC(C)(C)C(C)(C)O1.C=C(C)c1ccc(C)c(C(OC(C)(C)C)C(=O)O)c1-c1ccc2c(c1)CCCO2.C=C(C)c1ccc(C)c(C(OC(C)(C)C)C(=O)OC)c1-c1ccc2c(c1)CCCO2.COC(=O)C(OC(C)(C)C)c1c(C)ccc(C)c1-c1ccc2c(c1)CCCO2. The molecule has 99 heavy (non-hydrogen) atoms. The highest BCUT2D eigenvalue weighted by Crippen LogP contribution is 2.46. The zero-order valence-corrected chi connectivity index (χ0v) is 63.2. The number of benzene rings is 6. The van der Waals surface area contributed by atoms with Crippen LogP contribution >= 0.6 is 0 Å². The molecule has 3 unspecified atom stereocenters. The third kappa shape index (κ3) is 19.6. The number of carboxylic acids is 1. The van der Waals surface area contributed by atoms with Crippen LogP contribution in [-0.2, 0) is 66.6 Å². The Morgan fingerprint density at radius 1 is 0.465 bits per heavy atom. The number of methoxy groups -OCH3 is 2. The number of carbonyl (C=O) groups is 3. The summed E-state index contributed by atoms with van der Waals surface area (Å²) < 4.78 is 57.4. The van der Waals surface area contributed by atoms with Crippen LogP contribution in [0, 0.1) is 27.7 Å². The molecule has 0 spiro atoms. The van der Waals surface area contributed by atoms with Gasteiger partial charge in [0, 0.05) is 16.7 Å². The Morgan fingerprint density at radius 2 is 0.768 bits per heavy atom. The number of esters is 2. The van der Waals surface area contributed by atoms with Gasteiger partial charge in [-0.3, -0.25) is 0 Å². The molecule has 0 bridgehead atoms. The summed E-state index contributed by atoms with van der Waals surface area (Å²) in [6, 6.07) is 30.8. The fourth-order valence-electron chi connectivity index (χ4n) is 12.6. The second-order valence-corrected chi connectivity index (χ2v) is 30.5. The van der Waals surface area contributed by atoms with E-state index in [1.807, 2.05) is 180 Å². The second-order valence-electron chi connectivity index (χ2n) is 30.5. The van der Waals surface area contributed by atoms with E-state index in [0.717, 1.165) is 176 Å². The summed E-state index contributed by atoms with van der Waals surface area (Å²) in [7, 11) is 2.56. The first-order valence-electron chi connectivity index (χ1n) is 34.6. The van der Waals surface area contributed by atoms with Crippen LogP contribution in [-0.4, -0.2) is 92.2 Å². The minimum absolute atomic E-state index is 0.239. The van der Waals surface area contributed by atoms with Crippen molar-refractivity contribution in [1.29, 1.82) is 0 Å². The molecule has 1 fully saturated rings. The largest absolute Gasteiger partial charge is 0.493 e. The molecule has 14 nitrogen and oxygen atoms in total. The number of ether oxygens (including phenoxy) is 8. The van der Waals surface area contributed by atoms with Crippen LogP contribution in [0.1, 0.15) is 215 Å². The summed E-state index contributed by atoms with van der Waals surface area (Å²) in [6.07, 6.45) is 3.24. The molecule has 6 aromatic rings. The second kappa shape index (κ2) is 32.2. The molecule has 4 aliphatic rings. The number of hydrogen-bond donors (Lipinski definition) is 1. The molecule has 4 aliphatic heterocycles. The average Bonchev–Trinajstić information content (AvgIpc) is 1.64. The molecular formula is C84H109BO14. The van der Waals surface area contributed by atoms with E-state index in [1.165, 1.54) is 25.3 Å². The third-order valence-electron chi connectivity index (χ3n) is 18.0. The molecule has 6 aromatic carbocycles. The minimum Gasteiger partial charge on any atom is -0.493 e. The third-order valence-corrected chi connectivity index (χ3v) is 18.0. The first-order chi connectivity index (χ1) is 46.2. The highest BCUT2D eigenvalue weighted by Gasteiger charge is 2.51. The summed E-state index contributed by atoms with van der Waals surface area (Å²) in [5.41, 5.74) is 18.4. The highest BCUT2D eigenvalue weighted by molar-refractivity contribution is 6.54. The molecule has 0 saturated carbocycles. The number of aliphatic carboxylic acids is 1. The van der Waals surface area contributed by atoms with Gasteiger partial charge < -0.3 is 52.3 Å². The Kier molecular flexibility index (Phi) is 25.6. The molecule has 3 atom stereocenters. The van der Waals surface area contributed by atoms with Crippen molar-refractivity contribution < 1.29 is 66.7 Å². The number of hydrogen-bond acceptors (Lipinski definition) is 13. The van der Waals surface area contributed by atoms with E-state index in [4.69, 9.17) is 47.2 Å². The van der Waals surface area contributed by atoms with Gasteiger partial charge in [0.1, 0.15) is 17.2 Å². The Hall–Kier alpha value is -7.79. The van der Waals surface area contributed by atoms with E-state index in [-0.39, 0.29) is 24.3 Å². The molecule has 0 amide bonds. The lowest BCUT2D eigenvalue weighted by atomic mass is 9.81. The van der Waals surface area contributed by atoms with Crippen LogP contribution < -0.4 is 14.2 Å². The Labute approximate surface area is 590 Å². The summed E-state index contributed by atoms with van der Waals surface area (Å²) in [4.78, 5) is 37.8. The quantitative estimate of drug-likeness (QED) is 0.0763. The van der Waals surface area contributed by atoms with Crippen molar-refractivity contribution in [3.05, 3.63) is 183 Å². The van der Waals surface area contributed by atoms with Gasteiger partial charge in [-0.25, -0.2) is 14.4 Å². The number of carboxylic acid groups (broad SMARTS) is 1. The predicted octanol–water partition coefficient (Wildman–Crippen LogP) is 19.5. The van der Waals surface area contributed by atoms with Crippen molar-refractivity contribution in [2.45, 2.75) is 223 Å². The lowest BCUT2D eigenvalue weighted by Crippen LogP contribution is -2.41. The smallest absolute Gasteiger partial charge is 0.489 e. The average molecular weight is 1350 g/mol. The lowest BCUT2D eigenvalue weighted by Gasteiger charge is -2.32. The van der Waals surface area contributed by atoms with E-state index >= 15 is 0 Å². The van der Waals surface area contributed by atoms with Gasteiger partial charge in [0.15, 0.2) is 18.3 Å². The number of rotatable bonds is 15. The standard InChI is InChI=1S/C26H32O4.C25H30O4.C24H30O4.C9H17BO2/c1-16(2)20-12-10-17(3)22(24(25(27)28-7)30-26(4,5)6)23(20)19-11-13-21-18(15-19)9-8-14-29-21;1-15(2)19-11-9-16(3)21(23(24(26)27)29-25(4,5)6)22(19)18-10-12-20-17(14-18)8-7-13-28-20;1-15-9-10-16(2)21(22(23(25)26-6)28-24(3,4)5)20(15)18-11-12-19-17(14-18)8-7-13-27-19;1-7(2)10-11-8(3,4)9(5,6)12-10/h10-13,15,24H,1,8-9,14H2,2-7H3;9-12,14,23H,1,7-8,13H2,2-6H3,(H,26,27);9-12,14,22H,7-8,13H2,1-6H3;1H2,2-6H3. The number of fused-ring (bicyclic) bond motifs is 3. The summed E-state index contributed by atoms with van der Waals surface area (Å²) in [5.74, 6) is 1.01. The number of allylic oxidation sites excluding steroid dienone is 3. The molecule has 1 N–H and O–H groups in total. The lowest BCUT2D eigenvalue weighted by molar-refractivity contribution is -0.164. The van der Waals surface area contributed by atoms with Crippen molar-refractivity contribution in [3.8, 4) is 50.6 Å². The summed E-state index contributed by atoms with van der Waals surface area (Å²) in [6.45, 7) is 53.7. The van der Waals surface area contributed by atoms with Crippen molar-refractivity contribution in [2.24, 2.45) is 0 Å². The topological polar surface area (TPSA) is 164 Å². The molecule has 532 valence electrons. The van der Waals surface area contributed by atoms with Gasteiger partial charge in [0.05, 0.1) is 62.0 Å². The first kappa shape index (κ1) is 78.6. The van der Waals surface area contributed by atoms with Gasteiger partial charge in [-0.15, -0.1) is 6.58 Å². The minimum atomic E-state index is -1.07. The zero-order valence-electron chi connectivity index (χ0n) is 63.2. The van der Waals surface area contributed by atoms with Gasteiger partial charge in [-0.05, 0) is 297 Å². The molecule has 10 rings (SSSR count). The monoisotopic (exact) mass is 1350 g/mol. The number of aryl methyl sites for hydroxylation is 7. The Bertz CT molecular complexity index is 3940. The summed E-state index contributed by atoms with van der Waals surface area (Å²) >= 11 is 0. The molecule has 0 radical (unpaired) electrons. The van der Waals surface area contributed by atoms with Gasteiger partial charge in [-0.1, -0.05) is 84.4 Å². The van der Waals surface area contributed by atoms with Gasteiger partial charge in [0.25, 0.3) is 0 Å². The molecule has 15 heteroatoms. The maximum Gasteiger partial charge on any atom is 0.489 e. The normalized spacial score (nSPS) is 16.0. The van der Waals surface area contributed by atoms with Crippen LogP contribution in [0.4, 0.5) is 0 Å². The zero-order chi connectivity index (χ0) is 73.4. The maximum absolute atomic E-state index is 12.9. The first-order valence-corrected chi connectivity index (χ1v) is 34.6. The Morgan fingerprint density at radius 3 is 1.07 bits per heavy atom. The Balaban J connectivity index is 0.000000193. The van der Waals surface area contributed by atoms with Crippen molar-refractivity contribution >= 4 is 36.2 Å². The van der Waals surface area contributed by atoms with Crippen LogP contribution in [0.25, 0.3) is 44.5 Å². The highest BCUT2D eigenvalue weighted by atomic mass is 16.7. The van der Waals surface area contributed by atoms with Crippen LogP contribution in [0.5, 0.6) is 17.2 Å².